The molecular formula is C51H57ClF3N10O3PS. The molecule has 4 N–H and O–H groups in total. The molecule has 6 aromatic rings. The van der Waals surface area contributed by atoms with Crippen LogP contribution in [0.4, 0.5) is 24.5 Å². The molecule has 0 radical (unpaired) electrons. The highest BCUT2D eigenvalue weighted by atomic mass is 35.5. The van der Waals surface area contributed by atoms with Crippen LogP contribution in [0, 0.1) is 32.6 Å². The Morgan fingerprint density at radius 1 is 0.929 bits per heavy atom. The summed E-state index contributed by atoms with van der Waals surface area (Å²) in [5.41, 5.74) is 6.02. The zero-order valence-corrected chi connectivity index (χ0v) is 42.3. The van der Waals surface area contributed by atoms with Crippen molar-refractivity contribution in [3.63, 3.8) is 0 Å². The number of nitrogens with one attached hydrogen (secondary N) is 4. The summed E-state index contributed by atoms with van der Waals surface area (Å²) in [7, 11) is -2.39. The molecule has 368 valence electrons. The summed E-state index contributed by atoms with van der Waals surface area (Å²) < 4.78 is 57.1. The lowest BCUT2D eigenvalue weighted by Gasteiger charge is -2.32. The van der Waals surface area contributed by atoms with Gasteiger partial charge in [0.15, 0.2) is 5.82 Å². The molecule has 3 aromatic carbocycles. The van der Waals surface area contributed by atoms with Crippen molar-refractivity contribution in [2.45, 2.75) is 77.7 Å². The van der Waals surface area contributed by atoms with Gasteiger partial charge in [-0.2, -0.15) is 13.2 Å². The van der Waals surface area contributed by atoms with E-state index in [-0.39, 0.29) is 43.1 Å². The standard InChI is InChI=1S/C51H57ClF3N10O3PS/c1-32-33(2)70-50-47(32)48(35-13-15-36(52)16-14-35)60-43(49-62-61-34(3)65(49)50)29-45(66)57-23-6-7-24-58-46(67)30-63-26-21-38(22-27-63)59-42-11-8-12-44-41(42)28-39(64(44)31-51(53,54)55)10-9-25-56-37-17-19-40(20-18-37)69(4,5)68/h8,11-20,28,38,43,56,59H,6-7,21-27,29-31H2,1-5H3,(H,57,66)(H,58,67)/t43-/m0/s1. The maximum atomic E-state index is 13.8. The van der Waals surface area contributed by atoms with E-state index in [1.807, 2.05) is 54.0 Å². The Bertz CT molecular complexity index is 3010. The van der Waals surface area contributed by atoms with Crippen LogP contribution in [-0.2, 0) is 20.7 Å². The highest BCUT2D eigenvalue weighted by Gasteiger charge is 2.33. The first kappa shape index (κ1) is 50.5. The second kappa shape index (κ2) is 21.6. The van der Waals surface area contributed by atoms with Crippen LogP contribution < -0.4 is 26.6 Å². The fourth-order valence-corrected chi connectivity index (χ4v) is 11.1. The SMILES string of the molecule is Cc1sc2c(c1C)C(c1ccc(Cl)cc1)=N[C@@H](CC(=O)NCCCCNC(=O)CN1CCC(Nc3cccc4c3cc(C#CCNc3ccc(P(C)(C)=O)cc3)n4CC(F)(F)F)CC1)c1nnc(C)n1-2. The third-order valence-corrected chi connectivity index (χ3v) is 15.7. The van der Waals surface area contributed by atoms with Gasteiger partial charge in [-0.25, -0.2) is 0 Å². The molecule has 2 amide bonds. The van der Waals surface area contributed by atoms with Gasteiger partial charge in [-0.05, 0) is 126 Å². The molecule has 1 saturated heterocycles. The predicted octanol–water partition coefficient (Wildman–Crippen LogP) is 9.01. The molecule has 2 aliphatic heterocycles. The number of anilines is 2. The maximum Gasteiger partial charge on any atom is 0.406 e. The van der Waals surface area contributed by atoms with Crippen molar-refractivity contribution in [2.75, 3.05) is 63.2 Å². The van der Waals surface area contributed by atoms with E-state index in [0.29, 0.717) is 60.8 Å². The van der Waals surface area contributed by atoms with Gasteiger partial charge in [0.05, 0.1) is 36.4 Å². The zero-order chi connectivity index (χ0) is 49.7. The van der Waals surface area contributed by atoms with Crippen LogP contribution in [0.3, 0.4) is 0 Å². The van der Waals surface area contributed by atoms with Crippen LogP contribution >= 0.6 is 30.1 Å². The number of benzene rings is 3. The lowest BCUT2D eigenvalue weighted by molar-refractivity contribution is -0.140. The van der Waals surface area contributed by atoms with Gasteiger partial charge in [0.25, 0.3) is 0 Å². The van der Waals surface area contributed by atoms with Crippen molar-refractivity contribution in [3.05, 3.63) is 117 Å². The minimum atomic E-state index is -4.45. The number of thiophene rings is 1. The van der Waals surface area contributed by atoms with Gasteiger partial charge < -0.3 is 30.4 Å². The summed E-state index contributed by atoms with van der Waals surface area (Å²) in [6.45, 7) is 11.1. The monoisotopic (exact) mass is 1010 g/mol. The molecule has 0 saturated carbocycles. The number of hydrogen-bond acceptors (Lipinski definition) is 10. The normalized spacial score (nSPS) is 15.3. The number of nitrogens with zero attached hydrogens (tertiary/aromatic N) is 6. The number of likely N-dealkylation sites (tertiary alicyclic amines) is 1. The van der Waals surface area contributed by atoms with Crippen LogP contribution in [0.25, 0.3) is 15.9 Å². The number of alkyl halides is 3. The van der Waals surface area contributed by atoms with Crippen LogP contribution in [0.5, 0.6) is 0 Å². The van der Waals surface area contributed by atoms with E-state index >= 15 is 0 Å². The number of rotatable bonds is 16. The molecular weight excluding hydrogens is 956 g/mol. The molecule has 13 nitrogen and oxygen atoms in total. The molecule has 0 spiro atoms. The summed E-state index contributed by atoms with van der Waals surface area (Å²) >= 11 is 7.90. The third kappa shape index (κ3) is 12.1. The largest absolute Gasteiger partial charge is 0.406 e. The van der Waals surface area contributed by atoms with Crippen molar-refractivity contribution in [3.8, 4) is 16.8 Å². The zero-order valence-electron chi connectivity index (χ0n) is 39.8. The number of aryl methyl sites for hydroxylation is 2. The van der Waals surface area contributed by atoms with Crippen molar-refractivity contribution in [2.24, 2.45) is 4.99 Å². The second-order valence-corrected chi connectivity index (χ2v) is 23.1. The average Bonchev–Trinajstić information content (AvgIpc) is 3.93. The molecule has 1 atom stereocenters. The fourth-order valence-electron chi connectivity index (χ4n) is 8.88. The third-order valence-electron chi connectivity index (χ3n) is 12.7. The molecule has 8 rings (SSSR count). The number of aliphatic imine (C=N–C) groups is 1. The number of piperidine rings is 1. The number of hydrogen-bond donors (Lipinski definition) is 4. The first-order valence-electron chi connectivity index (χ1n) is 23.4. The van der Waals surface area contributed by atoms with E-state index in [4.69, 9.17) is 16.6 Å². The van der Waals surface area contributed by atoms with Crippen LogP contribution in [0.2, 0.25) is 5.02 Å². The highest BCUT2D eigenvalue weighted by molar-refractivity contribution is 7.70. The first-order valence-corrected chi connectivity index (χ1v) is 27.2. The molecule has 2 aliphatic rings. The Kier molecular flexibility index (Phi) is 15.6. The lowest BCUT2D eigenvalue weighted by atomic mass is 9.99. The molecule has 0 unspecified atom stereocenters. The van der Waals surface area contributed by atoms with Crippen molar-refractivity contribution in [1.29, 1.82) is 0 Å². The Labute approximate surface area is 415 Å². The number of unbranched alkanes of at least 4 members (excludes halogenated alkanes) is 1. The first-order chi connectivity index (χ1) is 33.4. The molecule has 5 heterocycles. The van der Waals surface area contributed by atoms with Crippen LogP contribution in [0.1, 0.15) is 77.1 Å². The van der Waals surface area contributed by atoms with Crippen molar-refractivity contribution in [1.82, 2.24) is 34.9 Å². The van der Waals surface area contributed by atoms with E-state index in [1.165, 1.54) is 9.44 Å². The molecule has 70 heavy (non-hydrogen) atoms. The molecule has 3 aromatic heterocycles. The minimum Gasteiger partial charge on any atom is -0.382 e. The van der Waals surface area contributed by atoms with E-state index < -0.39 is 25.9 Å². The summed E-state index contributed by atoms with van der Waals surface area (Å²) in [6.07, 6.45) is -1.49. The number of fused-ring (bicyclic) bond motifs is 4. The minimum absolute atomic E-state index is 0.0648. The molecule has 0 aliphatic carbocycles. The average molecular weight is 1010 g/mol. The number of carbonyl (C=O) groups excluding carboxylic acids is 2. The van der Waals surface area contributed by atoms with Gasteiger partial charge in [-0.3, -0.25) is 24.0 Å². The summed E-state index contributed by atoms with van der Waals surface area (Å²) in [5, 5.41) is 24.7. The summed E-state index contributed by atoms with van der Waals surface area (Å²) in [4.78, 5) is 34.8. The van der Waals surface area contributed by atoms with E-state index in [0.717, 1.165) is 62.7 Å². The second-order valence-electron chi connectivity index (χ2n) is 18.2. The Balaban J connectivity index is 0.786. The topological polar surface area (TPSA) is 151 Å². The summed E-state index contributed by atoms with van der Waals surface area (Å²) in [5.74, 6) is 7.04. The van der Waals surface area contributed by atoms with Gasteiger partial charge in [-0.15, -0.1) is 21.5 Å². The molecule has 19 heteroatoms. The maximum absolute atomic E-state index is 13.8. The van der Waals surface area contributed by atoms with E-state index in [9.17, 15) is 27.3 Å². The smallest absolute Gasteiger partial charge is 0.382 e. The van der Waals surface area contributed by atoms with Crippen LogP contribution in [0.15, 0.2) is 77.8 Å². The van der Waals surface area contributed by atoms with E-state index in [2.05, 4.69) is 62.1 Å². The Morgan fingerprint density at radius 2 is 1.63 bits per heavy atom. The Hall–Kier alpha value is -5.92. The number of aromatic nitrogens is 4. The van der Waals surface area contributed by atoms with Gasteiger partial charge >= 0.3 is 6.18 Å². The quantitative estimate of drug-likeness (QED) is 0.0427. The van der Waals surface area contributed by atoms with Gasteiger partial charge in [-0.1, -0.05) is 35.7 Å². The van der Waals surface area contributed by atoms with E-state index in [1.54, 1.807) is 55.0 Å². The fraction of sp³-hybridized carbons (Fsp3) is 0.392. The summed E-state index contributed by atoms with van der Waals surface area (Å²) in [6, 6.07) is 21.3. The Morgan fingerprint density at radius 3 is 2.31 bits per heavy atom. The van der Waals surface area contributed by atoms with Crippen LogP contribution in [-0.4, -0.2) is 107 Å². The van der Waals surface area contributed by atoms with Gasteiger partial charge in [0.1, 0.15) is 30.6 Å². The number of halogens is 4. The number of amides is 2. The van der Waals surface area contributed by atoms with Gasteiger partial charge in [0, 0.05) is 75.3 Å². The number of carbonyl (C=O) groups is 2. The molecule has 0 bridgehead atoms. The molecule has 1 fully saturated rings. The highest BCUT2D eigenvalue weighted by Crippen LogP contribution is 2.40. The van der Waals surface area contributed by atoms with Gasteiger partial charge in [0.2, 0.25) is 11.8 Å². The predicted molar refractivity (Wildman–Crippen MR) is 275 cm³/mol. The van der Waals surface area contributed by atoms with Crippen molar-refractivity contribution >= 4 is 75.2 Å². The lowest BCUT2D eigenvalue weighted by Crippen LogP contribution is -2.44. The van der Waals surface area contributed by atoms with Crippen molar-refractivity contribution < 1.29 is 27.3 Å².